The van der Waals surface area contributed by atoms with E-state index in [1.165, 1.54) is 25.7 Å². The van der Waals surface area contributed by atoms with Crippen LogP contribution in [0.3, 0.4) is 0 Å². The van der Waals surface area contributed by atoms with Crippen LogP contribution in [0.5, 0.6) is 0 Å². The van der Waals surface area contributed by atoms with Crippen molar-refractivity contribution in [2.24, 2.45) is 5.73 Å². The third-order valence-corrected chi connectivity index (χ3v) is 4.81. The molecule has 2 rings (SSSR count). The molecule has 0 aromatic carbocycles. The van der Waals surface area contributed by atoms with E-state index in [1.54, 1.807) is 0 Å². The Labute approximate surface area is 108 Å². The number of carbonyl (C=O) groups excluding carboxylic acids is 1. The van der Waals surface area contributed by atoms with Crippen LogP contribution in [0.1, 0.15) is 32.1 Å². The quantitative estimate of drug-likeness (QED) is 0.825. The van der Waals surface area contributed by atoms with Gasteiger partial charge in [0.2, 0.25) is 5.91 Å². The number of amides is 1. The molecule has 0 bridgehead atoms. The molecule has 94 valence electrons. The van der Waals surface area contributed by atoms with Crippen LogP contribution >= 0.6 is 24.2 Å². The Morgan fingerprint density at radius 1 is 1.38 bits per heavy atom. The van der Waals surface area contributed by atoms with E-state index < -0.39 is 0 Å². The number of nitrogens with two attached hydrogens (primary N) is 1. The highest BCUT2D eigenvalue weighted by Gasteiger charge is 2.35. The lowest BCUT2D eigenvalue weighted by molar-refractivity contribution is -0.133. The smallest absolute Gasteiger partial charge is 0.224 e. The van der Waals surface area contributed by atoms with Gasteiger partial charge in [0.15, 0.2) is 0 Å². The predicted octanol–water partition coefficient (Wildman–Crippen LogP) is 1.64. The molecule has 0 aromatic heterocycles. The summed E-state index contributed by atoms with van der Waals surface area (Å²) in [6, 6.07) is 0.511. The summed E-state index contributed by atoms with van der Waals surface area (Å²) in [5.41, 5.74) is 5.45. The van der Waals surface area contributed by atoms with Gasteiger partial charge in [0.25, 0.3) is 0 Å². The van der Waals surface area contributed by atoms with E-state index in [2.05, 4.69) is 16.7 Å². The summed E-state index contributed by atoms with van der Waals surface area (Å²) < 4.78 is 0. The molecule has 3 nitrogen and oxygen atoms in total. The first kappa shape index (κ1) is 14.1. The highest BCUT2D eigenvalue weighted by molar-refractivity contribution is 8.00. The van der Waals surface area contributed by atoms with Gasteiger partial charge < -0.3 is 10.6 Å². The normalized spacial score (nSPS) is 29.2. The topological polar surface area (TPSA) is 46.3 Å². The summed E-state index contributed by atoms with van der Waals surface area (Å²) in [5.74, 6) is 1.38. The molecule has 1 amide bonds. The number of hydrogen-bond donors (Lipinski definition) is 1. The lowest BCUT2D eigenvalue weighted by Gasteiger charge is -2.43. The molecule has 2 fully saturated rings. The summed E-state index contributed by atoms with van der Waals surface area (Å²) in [7, 11) is 0. The van der Waals surface area contributed by atoms with Crippen molar-refractivity contribution in [2.45, 2.75) is 43.4 Å². The van der Waals surface area contributed by atoms with E-state index in [4.69, 9.17) is 5.73 Å². The van der Waals surface area contributed by atoms with E-state index in [-0.39, 0.29) is 18.3 Å². The van der Waals surface area contributed by atoms with Crippen molar-refractivity contribution in [1.29, 1.82) is 0 Å². The summed E-state index contributed by atoms with van der Waals surface area (Å²) >= 11 is 2.06. The monoisotopic (exact) mass is 264 g/mol. The molecule has 0 aromatic rings. The zero-order valence-corrected chi connectivity index (χ0v) is 11.2. The van der Waals surface area contributed by atoms with Crippen LogP contribution in [0, 0.1) is 0 Å². The van der Waals surface area contributed by atoms with Crippen LogP contribution in [0.4, 0.5) is 0 Å². The van der Waals surface area contributed by atoms with E-state index in [9.17, 15) is 4.79 Å². The summed E-state index contributed by atoms with van der Waals surface area (Å²) in [5, 5.41) is 0.703. The van der Waals surface area contributed by atoms with E-state index in [0.717, 1.165) is 12.3 Å². The molecule has 1 aliphatic carbocycles. The molecular weight excluding hydrogens is 244 g/mol. The minimum atomic E-state index is 0. The number of hydrogen-bond acceptors (Lipinski definition) is 3. The van der Waals surface area contributed by atoms with Crippen molar-refractivity contribution >= 4 is 30.1 Å². The Kier molecular flexibility index (Phi) is 5.94. The summed E-state index contributed by atoms with van der Waals surface area (Å²) in [4.78, 5) is 14.0. The lowest BCUT2D eigenvalue weighted by atomic mass is 9.93. The number of rotatable bonds is 2. The standard InChI is InChI=1S/C11H20N2OS.ClH/c12-6-5-11(14)13-7-8-15-10-4-2-1-3-9(10)13;/h9-10H,1-8,12H2;1H. The van der Waals surface area contributed by atoms with Gasteiger partial charge >= 0.3 is 0 Å². The third kappa shape index (κ3) is 3.05. The fourth-order valence-corrected chi connectivity index (χ4v) is 4.12. The largest absolute Gasteiger partial charge is 0.338 e. The van der Waals surface area contributed by atoms with Gasteiger partial charge in [-0.05, 0) is 12.8 Å². The first-order valence-corrected chi connectivity index (χ1v) is 6.99. The number of thioether (sulfide) groups is 1. The van der Waals surface area contributed by atoms with Gasteiger partial charge in [0, 0.05) is 36.6 Å². The van der Waals surface area contributed by atoms with E-state index >= 15 is 0 Å². The third-order valence-electron chi connectivity index (χ3n) is 3.41. The minimum absolute atomic E-state index is 0. The Bertz CT molecular complexity index is 238. The second kappa shape index (κ2) is 6.72. The SMILES string of the molecule is Cl.NCCC(=O)N1CCSC2CCCCC21. The van der Waals surface area contributed by atoms with Crippen molar-refractivity contribution in [3.05, 3.63) is 0 Å². The Balaban J connectivity index is 0.00000128. The molecule has 2 N–H and O–H groups in total. The van der Waals surface area contributed by atoms with Gasteiger partial charge in [0.05, 0.1) is 0 Å². The van der Waals surface area contributed by atoms with Crippen molar-refractivity contribution in [3.63, 3.8) is 0 Å². The Hall–Kier alpha value is 0.0700. The van der Waals surface area contributed by atoms with Crippen molar-refractivity contribution in [2.75, 3.05) is 18.8 Å². The number of halogens is 1. The predicted molar refractivity (Wildman–Crippen MR) is 71.1 cm³/mol. The Morgan fingerprint density at radius 2 is 2.12 bits per heavy atom. The first-order chi connectivity index (χ1) is 7.33. The summed E-state index contributed by atoms with van der Waals surface area (Å²) in [6.45, 7) is 1.42. The van der Waals surface area contributed by atoms with Crippen LogP contribution < -0.4 is 5.73 Å². The molecule has 2 atom stereocenters. The molecule has 2 unspecified atom stereocenters. The van der Waals surface area contributed by atoms with Crippen LogP contribution in [0.25, 0.3) is 0 Å². The average Bonchev–Trinajstić information content (AvgIpc) is 2.28. The minimum Gasteiger partial charge on any atom is -0.338 e. The molecule has 1 aliphatic heterocycles. The number of nitrogens with zero attached hydrogens (tertiary/aromatic N) is 1. The molecule has 0 radical (unpaired) electrons. The molecule has 1 heterocycles. The fourth-order valence-electron chi connectivity index (χ4n) is 2.67. The van der Waals surface area contributed by atoms with Gasteiger partial charge in [-0.3, -0.25) is 4.79 Å². The van der Waals surface area contributed by atoms with Crippen LogP contribution in [-0.2, 0) is 4.79 Å². The molecule has 0 spiro atoms. The van der Waals surface area contributed by atoms with Gasteiger partial charge in [-0.25, -0.2) is 0 Å². The highest BCUT2D eigenvalue weighted by atomic mass is 35.5. The molecule has 1 saturated carbocycles. The maximum atomic E-state index is 11.9. The zero-order valence-electron chi connectivity index (χ0n) is 9.56. The van der Waals surface area contributed by atoms with Gasteiger partial charge in [-0.15, -0.1) is 12.4 Å². The Morgan fingerprint density at radius 3 is 2.88 bits per heavy atom. The molecule has 5 heteroatoms. The van der Waals surface area contributed by atoms with Crippen LogP contribution in [0.2, 0.25) is 0 Å². The van der Waals surface area contributed by atoms with Gasteiger partial charge in [0.1, 0.15) is 0 Å². The fraction of sp³-hybridized carbons (Fsp3) is 0.909. The number of fused-ring (bicyclic) bond motifs is 1. The van der Waals surface area contributed by atoms with Crippen LogP contribution in [-0.4, -0.2) is 40.9 Å². The summed E-state index contributed by atoms with van der Waals surface area (Å²) in [6.07, 6.45) is 5.64. The van der Waals surface area contributed by atoms with Crippen LogP contribution in [0.15, 0.2) is 0 Å². The molecular formula is C11H21ClN2OS. The molecule has 1 saturated heterocycles. The van der Waals surface area contributed by atoms with E-state index in [1.807, 2.05) is 0 Å². The lowest BCUT2D eigenvalue weighted by Crippen LogP contribution is -2.51. The second-order valence-corrected chi connectivity index (χ2v) is 5.73. The maximum absolute atomic E-state index is 11.9. The second-order valence-electron chi connectivity index (χ2n) is 4.39. The average molecular weight is 265 g/mol. The first-order valence-electron chi connectivity index (χ1n) is 5.94. The number of carbonyl (C=O) groups is 1. The van der Waals surface area contributed by atoms with E-state index in [0.29, 0.717) is 24.3 Å². The zero-order chi connectivity index (χ0) is 10.7. The van der Waals surface area contributed by atoms with Gasteiger partial charge in [-0.2, -0.15) is 11.8 Å². The van der Waals surface area contributed by atoms with Gasteiger partial charge in [-0.1, -0.05) is 12.8 Å². The van der Waals surface area contributed by atoms with Crippen molar-refractivity contribution < 1.29 is 4.79 Å². The maximum Gasteiger partial charge on any atom is 0.224 e. The highest BCUT2D eigenvalue weighted by Crippen LogP contribution is 2.35. The molecule has 2 aliphatic rings. The van der Waals surface area contributed by atoms with Crippen molar-refractivity contribution in [1.82, 2.24) is 4.90 Å². The molecule has 16 heavy (non-hydrogen) atoms. The van der Waals surface area contributed by atoms with Crippen molar-refractivity contribution in [3.8, 4) is 0 Å².